The zero-order valence-corrected chi connectivity index (χ0v) is 11.1. The quantitative estimate of drug-likeness (QED) is 0.815. The van der Waals surface area contributed by atoms with Crippen LogP contribution < -0.4 is 5.32 Å². The van der Waals surface area contributed by atoms with Crippen molar-refractivity contribution in [1.82, 2.24) is 15.5 Å². The monoisotopic (exact) mass is 289 g/mol. The molecule has 0 aromatic carbocycles. The molecule has 0 spiro atoms. The van der Waals surface area contributed by atoms with E-state index >= 15 is 0 Å². The molecule has 0 atom stereocenters. The highest BCUT2D eigenvalue weighted by Crippen LogP contribution is 2.16. The van der Waals surface area contributed by atoms with Crippen molar-refractivity contribution in [2.45, 2.75) is 6.54 Å². The van der Waals surface area contributed by atoms with Crippen LogP contribution in [0.4, 0.5) is 0 Å². The molecule has 2 aromatic rings. The second-order valence-corrected chi connectivity index (χ2v) is 4.75. The first-order chi connectivity index (χ1) is 9.65. The lowest BCUT2D eigenvalue weighted by Crippen LogP contribution is -2.22. The normalized spacial score (nSPS) is 10.6. The summed E-state index contributed by atoms with van der Waals surface area (Å²) < 4.78 is 0. The van der Waals surface area contributed by atoms with Crippen LogP contribution in [0, 0.1) is 0 Å². The molecule has 7 heteroatoms. The topological polar surface area (TPSA) is 92.2 Å². The predicted molar refractivity (Wildman–Crippen MR) is 74.2 cm³/mol. The number of hydrogen-bond donors (Lipinski definition) is 2. The Labute approximate surface area is 118 Å². The number of carbonyl (C=O) groups is 2. The number of nitrogens with one attached hydrogen (secondary N) is 1. The van der Waals surface area contributed by atoms with Gasteiger partial charge in [0, 0.05) is 22.5 Å². The fourth-order valence-corrected chi connectivity index (χ4v) is 2.19. The Morgan fingerprint density at radius 2 is 2.30 bits per heavy atom. The van der Waals surface area contributed by atoms with Crippen molar-refractivity contribution in [2.24, 2.45) is 0 Å². The van der Waals surface area contributed by atoms with E-state index in [0.717, 1.165) is 6.08 Å². The van der Waals surface area contributed by atoms with Gasteiger partial charge in [0.15, 0.2) is 0 Å². The van der Waals surface area contributed by atoms with Crippen LogP contribution in [-0.4, -0.2) is 27.2 Å². The van der Waals surface area contributed by atoms with E-state index in [0.29, 0.717) is 22.7 Å². The first-order valence-corrected chi connectivity index (χ1v) is 6.57. The molecule has 2 heterocycles. The van der Waals surface area contributed by atoms with Gasteiger partial charge in [0.1, 0.15) is 0 Å². The lowest BCUT2D eigenvalue weighted by Gasteiger charge is -2.01. The number of amides is 1. The molecular formula is C13H11N3O3S. The molecule has 2 N–H and O–H groups in total. The maximum Gasteiger partial charge on any atom is 0.328 e. The Morgan fingerprint density at radius 3 is 3.00 bits per heavy atom. The molecule has 0 saturated heterocycles. The molecular weight excluding hydrogens is 278 g/mol. The molecule has 1 amide bonds. The van der Waals surface area contributed by atoms with E-state index in [9.17, 15) is 9.59 Å². The summed E-state index contributed by atoms with van der Waals surface area (Å²) in [5, 5.41) is 20.5. The molecule has 0 aliphatic carbocycles. The van der Waals surface area contributed by atoms with Crippen molar-refractivity contribution in [2.75, 3.05) is 0 Å². The zero-order chi connectivity index (χ0) is 14.4. The van der Waals surface area contributed by atoms with Crippen LogP contribution in [-0.2, 0) is 11.3 Å². The van der Waals surface area contributed by atoms with Crippen molar-refractivity contribution in [3.05, 3.63) is 52.0 Å². The van der Waals surface area contributed by atoms with Crippen LogP contribution in [0.2, 0.25) is 0 Å². The van der Waals surface area contributed by atoms with E-state index in [2.05, 4.69) is 15.5 Å². The third kappa shape index (κ3) is 3.99. The molecule has 0 unspecified atom stereocenters. The Bertz CT molecular complexity index is 637. The van der Waals surface area contributed by atoms with E-state index in [1.807, 2.05) is 0 Å². The fourth-order valence-electron chi connectivity index (χ4n) is 1.41. The summed E-state index contributed by atoms with van der Waals surface area (Å²) in [7, 11) is 0. The number of hydrogen-bond acceptors (Lipinski definition) is 5. The lowest BCUT2D eigenvalue weighted by molar-refractivity contribution is -0.131. The van der Waals surface area contributed by atoms with Crippen molar-refractivity contribution in [3.8, 4) is 0 Å². The van der Waals surface area contributed by atoms with E-state index in [1.54, 1.807) is 29.8 Å². The van der Waals surface area contributed by atoms with Gasteiger partial charge in [0.25, 0.3) is 5.91 Å². The predicted octanol–water partition coefficient (Wildman–Crippen LogP) is 1.57. The van der Waals surface area contributed by atoms with Gasteiger partial charge in [-0.2, -0.15) is 10.2 Å². The van der Waals surface area contributed by atoms with Crippen LogP contribution in [0.15, 0.2) is 35.9 Å². The molecule has 2 rings (SSSR count). The third-order valence-electron chi connectivity index (χ3n) is 2.33. The summed E-state index contributed by atoms with van der Waals surface area (Å²) in [6, 6.07) is 5.14. The highest BCUT2D eigenvalue weighted by Gasteiger charge is 2.08. The van der Waals surface area contributed by atoms with Gasteiger partial charge in [-0.15, -0.1) is 11.3 Å². The highest BCUT2D eigenvalue weighted by molar-refractivity contribution is 7.11. The molecule has 0 bridgehead atoms. The summed E-state index contributed by atoms with van der Waals surface area (Å²) in [6.07, 6.45) is 4.05. The molecule has 6 nitrogen and oxygen atoms in total. The first-order valence-electron chi connectivity index (χ1n) is 5.69. The van der Waals surface area contributed by atoms with Crippen molar-refractivity contribution in [1.29, 1.82) is 0 Å². The minimum atomic E-state index is -1.02. The van der Waals surface area contributed by atoms with Crippen LogP contribution in [0.1, 0.15) is 20.9 Å². The number of carbonyl (C=O) groups excluding carboxylic acids is 1. The summed E-state index contributed by atoms with van der Waals surface area (Å²) in [4.78, 5) is 23.0. The number of thiophene rings is 1. The van der Waals surface area contributed by atoms with Crippen molar-refractivity contribution in [3.63, 3.8) is 0 Å². The standard InChI is InChI=1S/C13H11N3O3S/c17-12(18)4-3-11-6-9(8-20-11)13(19)14-7-10-2-1-5-15-16-10/h1-6,8H,7H2,(H,14,19)(H,17,18)/b4-3+. The lowest BCUT2D eigenvalue weighted by atomic mass is 10.2. The van der Waals surface area contributed by atoms with Crippen LogP contribution in [0.3, 0.4) is 0 Å². The second-order valence-electron chi connectivity index (χ2n) is 3.81. The van der Waals surface area contributed by atoms with E-state index in [-0.39, 0.29) is 5.91 Å². The van der Waals surface area contributed by atoms with Crippen LogP contribution >= 0.6 is 11.3 Å². The first kappa shape index (κ1) is 13.9. The van der Waals surface area contributed by atoms with Gasteiger partial charge in [0.05, 0.1) is 17.8 Å². The SMILES string of the molecule is O=C(O)/C=C/c1cc(C(=O)NCc2cccnn2)cs1. The van der Waals surface area contributed by atoms with Gasteiger partial charge in [-0.25, -0.2) is 4.79 Å². The van der Waals surface area contributed by atoms with E-state index in [1.165, 1.54) is 17.4 Å². The Morgan fingerprint density at radius 1 is 1.45 bits per heavy atom. The summed E-state index contributed by atoms with van der Waals surface area (Å²) in [5.74, 6) is -1.26. The number of aliphatic carboxylic acids is 1. The summed E-state index contributed by atoms with van der Waals surface area (Å²) in [5.41, 5.74) is 1.16. The average Bonchev–Trinajstić information content (AvgIpc) is 2.92. The van der Waals surface area contributed by atoms with Gasteiger partial charge in [-0.05, 0) is 24.3 Å². The third-order valence-corrected chi connectivity index (χ3v) is 3.23. The van der Waals surface area contributed by atoms with Gasteiger partial charge >= 0.3 is 5.97 Å². The Balaban J connectivity index is 1.94. The summed E-state index contributed by atoms with van der Waals surface area (Å²) >= 11 is 1.30. The van der Waals surface area contributed by atoms with Crippen LogP contribution in [0.5, 0.6) is 0 Å². The molecule has 0 saturated carbocycles. The molecule has 2 aromatic heterocycles. The minimum absolute atomic E-state index is 0.234. The molecule has 0 aliphatic rings. The largest absolute Gasteiger partial charge is 0.478 e. The number of carboxylic acids is 1. The molecule has 0 radical (unpaired) electrons. The summed E-state index contributed by atoms with van der Waals surface area (Å²) in [6.45, 7) is 0.294. The molecule has 0 aliphatic heterocycles. The maximum absolute atomic E-state index is 11.9. The smallest absolute Gasteiger partial charge is 0.328 e. The van der Waals surface area contributed by atoms with E-state index in [4.69, 9.17) is 5.11 Å². The Kier molecular flexibility index (Phi) is 4.56. The minimum Gasteiger partial charge on any atom is -0.478 e. The molecule has 102 valence electrons. The number of rotatable bonds is 5. The van der Waals surface area contributed by atoms with Gasteiger partial charge in [-0.3, -0.25) is 4.79 Å². The van der Waals surface area contributed by atoms with Gasteiger partial charge in [-0.1, -0.05) is 0 Å². The van der Waals surface area contributed by atoms with Crippen molar-refractivity contribution < 1.29 is 14.7 Å². The molecule has 0 fully saturated rings. The fraction of sp³-hybridized carbons (Fsp3) is 0.0769. The zero-order valence-electron chi connectivity index (χ0n) is 10.3. The Hall–Kier alpha value is -2.54. The number of carboxylic acid groups (broad SMARTS) is 1. The van der Waals surface area contributed by atoms with E-state index < -0.39 is 5.97 Å². The highest BCUT2D eigenvalue weighted by atomic mass is 32.1. The maximum atomic E-state index is 11.9. The van der Waals surface area contributed by atoms with Crippen molar-refractivity contribution >= 4 is 29.3 Å². The second kappa shape index (κ2) is 6.58. The molecule has 20 heavy (non-hydrogen) atoms. The van der Waals surface area contributed by atoms with Gasteiger partial charge in [0.2, 0.25) is 0 Å². The average molecular weight is 289 g/mol. The number of nitrogens with zero attached hydrogens (tertiary/aromatic N) is 2. The number of aromatic nitrogens is 2. The van der Waals surface area contributed by atoms with Crippen LogP contribution in [0.25, 0.3) is 6.08 Å². The van der Waals surface area contributed by atoms with Gasteiger partial charge < -0.3 is 10.4 Å².